The number of likely N-dealkylation sites (N-methyl/N-ethyl adjacent to an activating group) is 1. The minimum Gasteiger partial charge on any atom is -0.378 e. The number of imide groups is 1. The average molecular weight is 405 g/mol. The predicted octanol–water partition coefficient (Wildman–Crippen LogP) is 2.67. The lowest BCUT2D eigenvalue weighted by atomic mass is 10.0. The van der Waals surface area contributed by atoms with Crippen molar-refractivity contribution in [3.8, 4) is 0 Å². The molecule has 2 aliphatic rings. The number of amides is 2. The molecule has 0 saturated carbocycles. The summed E-state index contributed by atoms with van der Waals surface area (Å²) in [5.41, 5.74) is 3.44. The summed E-state index contributed by atoms with van der Waals surface area (Å²) in [6.07, 6.45) is 0. The van der Waals surface area contributed by atoms with Crippen molar-refractivity contribution in [1.82, 2.24) is 9.80 Å². The molecule has 30 heavy (non-hydrogen) atoms. The van der Waals surface area contributed by atoms with Crippen LogP contribution in [0, 0.1) is 0 Å². The van der Waals surface area contributed by atoms with E-state index in [1.165, 1.54) is 4.90 Å². The lowest BCUT2D eigenvalue weighted by Crippen LogP contribution is -2.47. The first-order valence-corrected chi connectivity index (χ1v) is 10.4. The monoisotopic (exact) mass is 404 g/mol. The van der Waals surface area contributed by atoms with Crippen molar-refractivity contribution >= 4 is 28.8 Å². The normalized spacial score (nSPS) is 17.8. The largest absolute Gasteiger partial charge is 0.378 e. The van der Waals surface area contributed by atoms with Gasteiger partial charge in [-0.05, 0) is 36.4 Å². The molecule has 0 spiro atoms. The van der Waals surface area contributed by atoms with Crippen molar-refractivity contribution in [3.63, 3.8) is 0 Å². The number of benzene rings is 2. The first-order chi connectivity index (χ1) is 14.5. The van der Waals surface area contributed by atoms with Gasteiger partial charge >= 0.3 is 0 Å². The fourth-order valence-corrected chi connectivity index (χ4v) is 4.10. The fourth-order valence-electron chi connectivity index (χ4n) is 4.10. The molecule has 156 valence electrons. The summed E-state index contributed by atoms with van der Waals surface area (Å²) in [5, 5.41) is 0. The highest BCUT2D eigenvalue weighted by Crippen LogP contribution is 2.35. The minimum absolute atomic E-state index is 0.235. The molecule has 4 rings (SSSR count). The van der Waals surface area contributed by atoms with Gasteiger partial charge in [-0.1, -0.05) is 37.3 Å². The predicted molar refractivity (Wildman–Crippen MR) is 120 cm³/mol. The highest BCUT2D eigenvalue weighted by Gasteiger charge is 2.42. The topological polar surface area (TPSA) is 47.1 Å². The molecule has 0 aromatic heterocycles. The van der Waals surface area contributed by atoms with Gasteiger partial charge in [0.05, 0.1) is 11.3 Å². The molecular formula is C24H28N4O2. The van der Waals surface area contributed by atoms with Gasteiger partial charge in [0.1, 0.15) is 5.70 Å². The van der Waals surface area contributed by atoms with Crippen molar-refractivity contribution in [1.29, 1.82) is 0 Å². The van der Waals surface area contributed by atoms with E-state index in [2.05, 4.69) is 16.7 Å². The van der Waals surface area contributed by atoms with Gasteiger partial charge in [-0.25, -0.2) is 4.90 Å². The average Bonchev–Trinajstić information content (AvgIpc) is 3.04. The zero-order valence-electron chi connectivity index (χ0n) is 17.8. The Hall–Kier alpha value is -3.12. The molecule has 2 heterocycles. The van der Waals surface area contributed by atoms with Crippen molar-refractivity contribution in [2.75, 3.05) is 56.6 Å². The van der Waals surface area contributed by atoms with Crippen LogP contribution in [0.3, 0.4) is 0 Å². The molecule has 2 aliphatic heterocycles. The number of nitrogens with zero attached hydrogens (tertiary/aromatic N) is 4. The third-order valence-corrected chi connectivity index (χ3v) is 5.88. The third kappa shape index (κ3) is 3.59. The van der Waals surface area contributed by atoms with E-state index in [9.17, 15) is 9.59 Å². The van der Waals surface area contributed by atoms with E-state index in [0.29, 0.717) is 17.0 Å². The molecule has 0 bridgehead atoms. The van der Waals surface area contributed by atoms with Gasteiger partial charge in [0, 0.05) is 46.0 Å². The van der Waals surface area contributed by atoms with Crippen LogP contribution in [-0.4, -0.2) is 68.4 Å². The number of carbonyl (C=O) groups is 2. The molecule has 0 unspecified atom stereocenters. The van der Waals surface area contributed by atoms with Crippen molar-refractivity contribution in [2.24, 2.45) is 0 Å². The number of carbonyl (C=O) groups excluding carboxylic acids is 2. The van der Waals surface area contributed by atoms with Gasteiger partial charge in [-0.15, -0.1) is 0 Å². The van der Waals surface area contributed by atoms with Gasteiger partial charge in [-0.2, -0.15) is 0 Å². The highest BCUT2D eigenvalue weighted by molar-refractivity contribution is 6.45. The standard InChI is InChI=1S/C24H28N4O2/c1-4-26-14-16-27(17-15-26)22-21(18-8-6-5-7-9-18)23(29)28(24(22)30)20-12-10-19(11-13-20)25(2)3/h5-13H,4,14-17H2,1-3H3. The molecule has 2 aromatic rings. The Bertz CT molecular complexity index is 958. The second kappa shape index (κ2) is 8.32. The fraction of sp³-hybridized carbons (Fsp3) is 0.333. The Morgan fingerprint density at radius 2 is 1.47 bits per heavy atom. The van der Waals surface area contributed by atoms with Crippen LogP contribution in [0.15, 0.2) is 60.3 Å². The minimum atomic E-state index is -0.253. The number of anilines is 2. The molecule has 0 aliphatic carbocycles. The summed E-state index contributed by atoms with van der Waals surface area (Å²) in [6.45, 7) is 6.41. The van der Waals surface area contributed by atoms with Crippen LogP contribution in [0.2, 0.25) is 0 Å². The lowest BCUT2D eigenvalue weighted by Gasteiger charge is -2.36. The van der Waals surface area contributed by atoms with E-state index in [1.807, 2.05) is 73.6 Å². The van der Waals surface area contributed by atoms with Crippen LogP contribution in [0.4, 0.5) is 11.4 Å². The molecule has 0 radical (unpaired) electrons. The van der Waals surface area contributed by atoms with Gasteiger partial charge in [0.15, 0.2) is 0 Å². The molecule has 2 aromatic carbocycles. The molecular weight excluding hydrogens is 376 g/mol. The summed E-state index contributed by atoms with van der Waals surface area (Å²) in [5.74, 6) is -0.488. The van der Waals surface area contributed by atoms with Crippen molar-refractivity contribution < 1.29 is 9.59 Å². The quantitative estimate of drug-likeness (QED) is 0.717. The number of hydrogen-bond acceptors (Lipinski definition) is 5. The van der Waals surface area contributed by atoms with Crippen LogP contribution in [0.1, 0.15) is 12.5 Å². The van der Waals surface area contributed by atoms with Gasteiger partial charge < -0.3 is 14.7 Å². The molecule has 0 atom stereocenters. The maximum atomic E-state index is 13.6. The van der Waals surface area contributed by atoms with Gasteiger partial charge in [0.25, 0.3) is 11.8 Å². The second-order valence-electron chi connectivity index (χ2n) is 7.87. The van der Waals surface area contributed by atoms with Gasteiger partial charge in [-0.3, -0.25) is 9.59 Å². The number of hydrogen-bond donors (Lipinski definition) is 0. The van der Waals surface area contributed by atoms with Crippen LogP contribution < -0.4 is 9.80 Å². The van der Waals surface area contributed by atoms with E-state index < -0.39 is 0 Å². The van der Waals surface area contributed by atoms with Crippen LogP contribution >= 0.6 is 0 Å². The maximum Gasteiger partial charge on any atom is 0.282 e. The Kier molecular flexibility index (Phi) is 5.59. The van der Waals surface area contributed by atoms with Crippen LogP contribution in [-0.2, 0) is 9.59 Å². The second-order valence-corrected chi connectivity index (χ2v) is 7.87. The van der Waals surface area contributed by atoms with E-state index in [4.69, 9.17) is 0 Å². The Balaban J connectivity index is 1.73. The molecule has 1 fully saturated rings. The van der Waals surface area contributed by atoms with Crippen LogP contribution in [0.5, 0.6) is 0 Å². The van der Waals surface area contributed by atoms with Gasteiger partial charge in [0.2, 0.25) is 0 Å². The summed E-state index contributed by atoms with van der Waals surface area (Å²) < 4.78 is 0. The molecule has 6 heteroatoms. The summed E-state index contributed by atoms with van der Waals surface area (Å²) in [6, 6.07) is 17.1. The zero-order valence-corrected chi connectivity index (χ0v) is 17.8. The summed E-state index contributed by atoms with van der Waals surface area (Å²) in [4.78, 5) is 34.8. The lowest BCUT2D eigenvalue weighted by molar-refractivity contribution is -0.120. The Labute approximate surface area is 178 Å². The summed E-state index contributed by atoms with van der Waals surface area (Å²) >= 11 is 0. The first-order valence-electron chi connectivity index (χ1n) is 10.4. The third-order valence-electron chi connectivity index (χ3n) is 5.88. The highest BCUT2D eigenvalue weighted by atomic mass is 16.2. The number of piperazine rings is 1. The molecule has 1 saturated heterocycles. The molecule has 6 nitrogen and oxygen atoms in total. The zero-order chi connectivity index (χ0) is 21.3. The molecule has 0 N–H and O–H groups in total. The van der Waals surface area contributed by atoms with Crippen LogP contribution in [0.25, 0.3) is 5.57 Å². The van der Waals surface area contributed by atoms with E-state index in [-0.39, 0.29) is 11.8 Å². The van der Waals surface area contributed by atoms with E-state index >= 15 is 0 Å². The number of rotatable bonds is 5. The van der Waals surface area contributed by atoms with E-state index in [0.717, 1.165) is 44.0 Å². The van der Waals surface area contributed by atoms with Crippen molar-refractivity contribution in [3.05, 3.63) is 65.9 Å². The SMILES string of the molecule is CCN1CCN(C2=C(c3ccccc3)C(=O)N(c3ccc(N(C)C)cc3)C2=O)CC1. The first kappa shape index (κ1) is 20.2. The van der Waals surface area contributed by atoms with Crippen molar-refractivity contribution in [2.45, 2.75) is 6.92 Å². The molecule has 2 amide bonds. The Morgan fingerprint density at radius 3 is 2.03 bits per heavy atom. The summed E-state index contributed by atoms with van der Waals surface area (Å²) in [7, 11) is 3.93. The maximum absolute atomic E-state index is 13.6. The van der Waals surface area contributed by atoms with E-state index in [1.54, 1.807) is 0 Å². The smallest absolute Gasteiger partial charge is 0.282 e. The Morgan fingerprint density at radius 1 is 0.833 bits per heavy atom.